The normalized spacial score (nSPS) is 15.3. The maximum atomic E-state index is 12.4. The van der Waals surface area contributed by atoms with Crippen molar-refractivity contribution >= 4 is 34.5 Å². The second-order valence-electron chi connectivity index (χ2n) is 5.00. The summed E-state index contributed by atoms with van der Waals surface area (Å²) in [6, 6.07) is 7.84. The van der Waals surface area contributed by atoms with Gasteiger partial charge in [-0.1, -0.05) is 17.7 Å². The van der Waals surface area contributed by atoms with Gasteiger partial charge < -0.3 is 9.80 Å². The molecule has 1 aliphatic heterocycles. The number of halogens is 1. The molecule has 0 bridgehead atoms. The molecule has 6 heteroatoms. The summed E-state index contributed by atoms with van der Waals surface area (Å²) >= 11 is 7.48. The molecule has 0 unspecified atom stereocenters. The molecule has 1 aliphatic rings. The molecule has 3 rings (SSSR count). The average molecular weight is 322 g/mol. The van der Waals surface area contributed by atoms with Gasteiger partial charge in [-0.3, -0.25) is 4.79 Å². The van der Waals surface area contributed by atoms with Crippen molar-refractivity contribution in [3.63, 3.8) is 0 Å². The third-order valence-electron chi connectivity index (χ3n) is 3.57. The summed E-state index contributed by atoms with van der Waals surface area (Å²) in [4.78, 5) is 21.4. The molecule has 1 aromatic carbocycles. The number of benzene rings is 1. The van der Waals surface area contributed by atoms with Gasteiger partial charge >= 0.3 is 0 Å². The molecule has 0 spiro atoms. The van der Waals surface area contributed by atoms with Gasteiger partial charge in [0.05, 0.1) is 11.2 Å². The van der Waals surface area contributed by atoms with Crippen molar-refractivity contribution in [1.29, 1.82) is 0 Å². The Morgan fingerprint density at radius 3 is 2.67 bits per heavy atom. The van der Waals surface area contributed by atoms with E-state index in [-0.39, 0.29) is 5.91 Å². The van der Waals surface area contributed by atoms with Crippen molar-refractivity contribution in [2.45, 2.75) is 6.92 Å². The van der Waals surface area contributed by atoms with Crippen LogP contribution in [0.2, 0.25) is 5.02 Å². The van der Waals surface area contributed by atoms with Gasteiger partial charge in [-0.2, -0.15) is 0 Å². The van der Waals surface area contributed by atoms with Crippen molar-refractivity contribution in [2.75, 3.05) is 31.1 Å². The fourth-order valence-electron chi connectivity index (χ4n) is 2.46. The first-order chi connectivity index (χ1) is 10.1. The van der Waals surface area contributed by atoms with Gasteiger partial charge in [-0.05, 0) is 25.1 Å². The molecular formula is C15H16ClN3OS. The van der Waals surface area contributed by atoms with Gasteiger partial charge in [-0.15, -0.1) is 11.3 Å². The zero-order valence-corrected chi connectivity index (χ0v) is 13.3. The molecule has 1 aromatic heterocycles. The van der Waals surface area contributed by atoms with Crippen molar-refractivity contribution in [2.24, 2.45) is 0 Å². The number of carbonyl (C=O) groups excluding carboxylic acids is 1. The van der Waals surface area contributed by atoms with E-state index in [2.05, 4.69) is 16.0 Å². The van der Waals surface area contributed by atoms with Crippen LogP contribution in [0.25, 0.3) is 0 Å². The summed E-state index contributed by atoms with van der Waals surface area (Å²) in [6.07, 6.45) is 1.67. The van der Waals surface area contributed by atoms with Crippen LogP contribution in [0.4, 0.5) is 5.69 Å². The Morgan fingerprint density at radius 1 is 1.29 bits per heavy atom. The second-order valence-corrected chi connectivity index (χ2v) is 6.67. The van der Waals surface area contributed by atoms with E-state index in [1.807, 2.05) is 30.0 Å². The second kappa shape index (κ2) is 6.03. The third kappa shape index (κ3) is 3.19. The standard InChI is InChI=1S/C15H16ClN3OS/c1-11-17-10-14(21-11)15(20)19-7-5-18(6-8-19)13-4-2-3-12(16)9-13/h2-4,9-10H,5-8H2,1H3. The number of hydrogen-bond donors (Lipinski definition) is 0. The number of amides is 1. The topological polar surface area (TPSA) is 36.4 Å². The molecule has 0 aliphatic carbocycles. The Bertz CT molecular complexity index is 650. The van der Waals surface area contributed by atoms with Crippen molar-refractivity contribution in [3.8, 4) is 0 Å². The quantitative estimate of drug-likeness (QED) is 0.853. The van der Waals surface area contributed by atoms with Crippen LogP contribution in [0, 0.1) is 6.92 Å². The summed E-state index contributed by atoms with van der Waals surface area (Å²) in [7, 11) is 0. The molecule has 1 fully saturated rings. The monoisotopic (exact) mass is 321 g/mol. The molecule has 2 heterocycles. The molecule has 0 N–H and O–H groups in total. The molecule has 1 amide bonds. The van der Waals surface area contributed by atoms with E-state index >= 15 is 0 Å². The minimum atomic E-state index is 0.0892. The highest BCUT2D eigenvalue weighted by Crippen LogP contribution is 2.22. The van der Waals surface area contributed by atoms with Crippen LogP contribution in [-0.4, -0.2) is 42.0 Å². The fourth-order valence-corrected chi connectivity index (χ4v) is 3.39. The van der Waals surface area contributed by atoms with Crippen LogP contribution < -0.4 is 4.90 Å². The lowest BCUT2D eigenvalue weighted by atomic mass is 10.2. The number of carbonyl (C=O) groups is 1. The summed E-state index contributed by atoms with van der Waals surface area (Å²) in [6.45, 7) is 5.01. The molecule has 0 radical (unpaired) electrons. The highest BCUT2D eigenvalue weighted by molar-refractivity contribution is 7.13. The lowest BCUT2D eigenvalue weighted by Crippen LogP contribution is -2.48. The molecule has 1 saturated heterocycles. The number of anilines is 1. The Labute approximate surface area is 133 Å². The molecule has 4 nitrogen and oxygen atoms in total. The van der Waals surface area contributed by atoms with Gasteiger partial charge in [0.15, 0.2) is 0 Å². The van der Waals surface area contributed by atoms with Crippen molar-refractivity contribution in [3.05, 3.63) is 45.4 Å². The van der Waals surface area contributed by atoms with E-state index in [0.717, 1.165) is 46.8 Å². The highest BCUT2D eigenvalue weighted by atomic mass is 35.5. The lowest BCUT2D eigenvalue weighted by Gasteiger charge is -2.36. The number of hydrogen-bond acceptors (Lipinski definition) is 4. The Balaban J connectivity index is 1.64. The van der Waals surface area contributed by atoms with Gasteiger partial charge in [0.25, 0.3) is 5.91 Å². The van der Waals surface area contributed by atoms with Crippen molar-refractivity contribution in [1.82, 2.24) is 9.88 Å². The first-order valence-corrected chi connectivity index (χ1v) is 8.05. The van der Waals surface area contributed by atoms with Crippen LogP contribution in [0.15, 0.2) is 30.5 Å². The highest BCUT2D eigenvalue weighted by Gasteiger charge is 2.23. The molecule has 110 valence electrons. The minimum Gasteiger partial charge on any atom is -0.368 e. The van der Waals surface area contributed by atoms with Gasteiger partial charge in [0.1, 0.15) is 4.88 Å². The summed E-state index contributed by atoms with van der Waals surface area (Å²) < 4.78 is 0. The first-order valence-electron chi connectivity index (χ1n) is 6.86. The van der Waals surface area contributed by atoms with Crippen LogP contribution in [0.5, 0.6) is 0 Å². The number of piperazine rings is 1. The van der Waals surface area contributed by atoms with Gasteiger partial charge in [-0.25, -0.2) is 4.98 Å². The number of thiazole rings is 1. The Hall–Kier alpha value is -1.59. The van der Waals surface area contributed by atoms with Crippen LogP contribution in [-0.2, 0) is 0 Å². The molecule has 2 aromatic rings. The Kier molecular flexibility index (Phi) is 4.12. The SMILES string of the molecule is Cc1ncc(C(=O)N2CCN(c3cccc(Cl)c3)CC2)s1. The van der Waals surface area contributed by atoms with Crippen LogP contribution in [0.1, 0.15) is 14.7 Å². The number of nitrogens with zero attached hydrogens (tertiary/aromatic N) is 3. The maximum absolute atomic E-state index is 12.4. The maximum Gasteiger partial charge on any atom is 0.265 e. The zero-order valence-electron chi connectivity index (χ0n) is 11.8. The Morgan fingerprint density at radius 2 is 2.05 bits per heavy atom. The molecular weight excluding hydrogens is 306 g/mol. The molecule has 21 heavy (non-hydrogen) atoms. The third-order valence-corrected chi connectivity index (χ3v) is 4.71. The van der Waals surface area contributed by atoms with E-state index in [9.17, 15) is 4.79 Å². The van der Waals surface area contributed by atoms with E-state index < -0.39 is 0 Å². The molecule has 0 saturated carbocycles. The van der Waals surface area contributed by atoms with Crippen LogP contribution >= 0.6 is 22.9 Å². The van der Waals surface area contributed by atoms with Gasteiger partial charge in [0, 0.05) is 36.9 Å². The van der Waals surface area contributed by atoms with E-state index in [0.29, 0.717) is 0 Å². The number of aromatic nitrogens is 1. The van der Waals surface area contributed by atoms with E-state index in [4.69, 9.17) is 11.6 Å². The average Bonchev–Trinajstić information content (AvgIpc) is 2.93. The van der Waals surface area contributed by atoms with Crippen molar-refractivity contribution < 1.29 is 4.79 Å². The summed E-state index contributed by atoms with van der Waals surface area (Å²) in [5.74, 6) is 0.0892. The number of rotatable bonds is 2. The fraction of sp³-hybridized carbons (Fsp3) is 0.333. The van der Waals surface area contributed by atoms with E-state index in [1.54, 1.807) is 6.20 Å². The van der Waals surface area contributed by atoms with Crippen LogP contribution in [0.3, 0.4) is 0 Å². The largest absolute Gasteiger partial charge is 0.368 e. The predicted octanol–water partition coefficient (Wildman–Crippen LogP) is 3.07. The lowest BCUT2D eigenvalue weighted by molar-refractivity contribution is 0.0751. The minimum absolute atomic E-state index is 0.0892. The smallest absolute Gasteiger partial charge is 0.265 e. The van der Waals surface area contributed by atoms with E-state index in [1.165, 1.54) is 11.3 Å². The summed E-state index contributed by atoms with van der Waals surface area (Å²) in [5, 5.41) is 1.67. The zero-order chi connectivity index (χ0) is 14.8. The first kappa shape index (κ1) is 14.4. The molecule has 0 atom stereocenters. The predicted molar refractivity (Wildman–Crippen MR) is 86.4 cm³/mol. The van der Waals surface area contributed by atoms with Gasteiger partial charge in [0.2, 0.25) is 0 Å². The number of aryl methyl sites for hydroxylation is 1. The summed E-state index contributed by atoms with van der Waals surface area (Å²) in [5.41, 5.74) is 1.11.